The lowest BCUT2D eigenvalue weighted by molar-refractivity contribution is -0.150. The summed E-state index contributed by atoms with van der Waals surface area (Å²) in [5.74, 6) is -0.680. The summed E-state index contributed by atoms with van der Waals surface area (Å²) in [7, 11) is 0. The van der Waals surface area contributed by atoms with Crippen molar-refractivity contribution in [3.05, 3.63) is 30.1 Å². The molecule has 0 radical (unpaired) electrons. The predicted octanol–water partition coefficient (Wildman–Crippen LogP) is 0.620. The van der Waals surface area contributed by atoms with E-state index in [0.29, 0.717) is 32.8 Å². The molecule has 1 aromatic carbocycles. The van der Waals surface area contributed by atoms with Crippen molar-refractivity contribution in [2.45, 2.75) is 37.9 Å². The summed E-state index contributed by atoms with van der Waals surface area (Å²) in [6.45, 7) is 3.45. The number of esters is 1. The fourth-order valence-corrected chi connectivity index (χ4v) is 3.37. The van der Waals surface area contributed by atoms with Crippen LogP contribution in [0.5, 0.6) is 5.75 Å². The molecule has 0 aliphatic carbocycles. The molecule has 1 amide bonds. The third kappa shape index (κ3) is 5.18. The molecule has 0 spiro atoms. The highest BCUT2D eigenvalue weighted by molar-refractivity contribution is 5.83. The number of para-hydroxylation sites is 1. The normalized spacial score (nSPS) is 24.8. The molecule has 3 atom stereocenters. The number of nitrogens with one attached hydrogen (secondary N) is 2. The minimum absolute atomic E-state index is 0.0986. The average Bonchev–Trinajstić information content (AvgIpc) is 3.16. The first-order valence-corrected chi connectivity index (χ1v) is 9.50. The fourth-order valence-electron chi connectivity index (χ4n) is 3.37. The molecule has 154 valence electrons. The summed E-state index contributed by atoms with van der Waals surface area (Å²) in [4.78, 5) is 26.4. The summed E-state index contributed by atoms with van der Waals surface area (Å²) in [5.41, 5.74) is 6.01. The van der Waals surface area contributed by atoms with Gasteiger partial charge in [0.05, 0.1) is 38.3 Å². The van der Waals surface area contributed by atoms with Crippen LogP contribution in [0.3, 0.4) is 0 Å². The molecule has 0 saturated carbocycles. The summed E-state index contributed by atoms with van der Waals surface area (Å²) in [5, 5.41) is 0. The molecule has 2 saturated heterocycles. The summed E-state index contributed by atoms with van der Waals surface area (Å²) in [6.07, 6.45) is 0.607. The molecule has 1 aromatic rings. The second-order valence-electron chi connectivity index (χ2n) is 6.78. The van der Waals surface area contributed by atoms with Gasteiger partial charge in [-0.15, -0.1) is 0 Å². The molecule has 9 heteroatoms. The number of ether oxygens (including phenoxy) is 3. The maximum atomic E-state index is 13.6. The number of hydrogen-bond acceptors (Lipinski definition) is 7. The zero-order chi connectivity index (χ0) is 19.9. The molecule has 8 nitrogen and oxygen atoms in total. The number of morpholine rings is 1. The first-order chi connectivity index (χ1) is 13.6. The predicted molar refractivity (Wildman–Crippen MR) is 97.9 cm³/mol. The second kappa shape index (κ2) is 9.81. The Kier molecular flexibility index (Phi) is 7.18. The van der Waals surface area contributed by atoms with Gasteiger partial charge in [-0.1, -0.05) is 12.1 Å². The second-order valence-corrected chi connectivity index (χ2v) is 6.78. The van der Waals surface area contributed by atoms with Crippen LogP contribution in [-0.2, 0) is 19.1 Å². The van der Waals surface area contributed by atoms with E-state index in [1.54, 1.807) is 30.0 Å². The molecule has 28 heavy (non-hydrogen) atoms. The van der Waals surface area contributed by atoms with Crippen molar-refractivity contribution in [2.24, 2.45) is 0 Å². The van der Waals surface area contributed by atoms with Crippen molar-refractivity contribution in [2.75, 3.05) is 33.0 Å². The van der Waals surface area contributed by atoms with Gasteiger partial charge in [-0.05, 0) is 25.5 Å². The van der Waals surface area contributed by atoms with Gasteiger partial charge in [0.1, 0.15) is 12.6 Å². The Morgan fingerprint density at radius 3 is 2.93 bits per heavy atom. The van der Waals surface area contributed by atoms with Crippen LogP contribution in [0.25, 0.3) is 0 Å². The van der Waals surface area contributed by atoms with Crippen molar-refractivity contribution in [3.63, 3.8) is 0 Å². The Hall–Kier alpha value is -2.23. The Labute approximate surface area is 163 Å². The zero-order valence-corrected chi connectivity index (χ0v) is 15.9. The first kappa shape index (κ1) is 20.5. The van der Waals surface area contributed by atoms with Gasteiger partial charge in [0.25, 0.3) is 0 Å². The van der Waals surface area contributed by atoms with Crippen LogP contribution in [0.1, 0.15) is 19.8 Å². The maximum Gasteiger partial charge on any atom is 0.307 e. The molecule has 3 unspecified atom stereocenters. The lowest BCUT2D eigenvalue weighted by Crippen LogP contribution is -2.55. The lowest BCUT2D eigenvalue weighted by atomic mass is 10.1. The minimum Gasteiger partial charge on any atom is -0.489 e. The van der Waals surface area contributed by atoms with Crippen LogP contribution in [0.15, 0.2) is 24.3 Å². The van der Waals surface area contributed by atoms with Gasteiger partial charge in [-0.2, -0.15) is 0 Å². The van der Waals surface area contributed by atoms with E-state index < -0.39 is 11.9 Å². The van der Waals surface area contributed by atoms with Gasteiger partial charge in [0.15, 0.2) is 11.6 Å². The molecular formula is C19H26FN3O5. The molecule has 2 fully saturated rings. The topological polar surface area (TPSA) is 89.1 Å². The number of carbonyl (C=O) groups excluding carboxylic acids is 2. The van der Waals surface area contributed by atoms with Crippen LogP contribution >= 0.6 is 0 Å². The molecule has 2 aliphatic heterocycles. The molecule has 2 heterocycles. The Morgan fingerprint density at radius 1 is 1.32 bits per heavy atom. The highest BCUT2D eigenvalue weighted by atomic mass is 19.1. The van der Waals surface area contributed by atoms with Crippen molar-refractivity contribution in [1.82, 2.24) is 15.8 Å². The summed E-state index contributed by atoms with van der Waals surface area (Å²) >= 11 is 0. The van der Waals surface area contributed by atoms with E-state index in [0.717, 1.165) is 0 Å². The van der Waals surface area contributed by atoms with Gasteiger partial charge in [0, 0.05) is 6.54 Å². The monoisotopic (exact) mass is 395 g/mol. The van der Waals surface area contributed by atoms with Gasteiger partial charge in [-0.3, -0.25) is 15.0 Å². The quantitative estimate of drug-likeness (QED) is 0.655. The number of hydrogen-bond donors (Lipinski definition) is 2. The maximum absolute atomic E-state index is 13.6. The fraction of sp³-hybridized carbons (Fsp3) is 0.579. The third-order valence-electron chi connectivity index (χ3n) is 4.77. The van der Waals surface area contributed by atoms with E-state index in [4.69, 9.17) is 14.2 Å². The van der Waals surface area contributed by atoms with Crippen LogP contribution < -0.4 is 15.6 Å². The number of carbonyl (C=O) groups is 2. The van der Waals surface area contributed by atoms with E-state index in [2.05, 4.69) is 10.9 Å². The first-order valence-electron chi connectivity index (χ1n) is 9.50. The number of halogens is 1. The number of benzene rings is 1. The zero-order valence-electron chi connectivity index (χ0n) is 15.9. The molecule has 2 aliphatic rings. The van der Waals surface area contributed by atoms with Crippen LogP contribution in [0.2, 0.25) is 0 Å². The van der Waals surface area contributed by atoms with Crippen LogP contribution in [-0.4, -0.2) is 67.9 Å². The Morgan fingerprint density at radius 2 is 2.14 bits per heavy atom. The van der Waals surface area contributed by atoms with Crippen LogP contribution in [0.4, 0.5) is 4.39 Å². The molecule has 3 rings (SSSR count). The molecular weight excluding hydrogens is 369 g/mol. The minimum atomic E-state index is -0.447. The van der Waals surface area contributed by atoms with Crippen molar-refractivity contribution in [3.8, 4) is 5.75 Å². The van der Waals surface area contributed by atoms with Gasteiger partial charge >= 0.3 is 5.97 Å². The van der Waals surface area contributed by atoms with E-state index in [-0.39, 0.29) is 42.7 Å². The summed E-state index contributed by atoms with van der Waals surface area (Å²) in [6, 6.07) is 5.28. The van der Waals surface area contributed by atoms with E-state index in [9.17, 15) is 14.0 Å². The highest BCUT2D eigenvalue weighted by Crippen LogP contribution is 2.19. The van der Waals surface area contributed by atoms with Crippen LogP contribution in [0, 0.1) is 5.82 Å². The average molecular weight is 395 g/mol. The third-order valence-corrected chi connectivity index (χ3v) is 4.77. The van der Waals surface area contributed by atoms with E-state index >= 15 is 0 Å². The van der Waals surface area contributed by atoms with E-state index in [1.807, 2.05) is 0 Å². The molecule has 0 aromatic heterocycles. The number of rotatable bonds is 7. The highest BCUT2D eigenvalue weighted by Gasteiger charge is 2.37. The van der Waals surface area contributed by atoms with Crippen molar-refractivity contribution < 1.29 is 28.2 Å². The Bertz CT molecular complexity index is 689. The Balaban J connectivity index is 1.52. The van der Waals surface area contributed by atoms with Gasteiger partial charge < -0.3 is 19.1 Å². The van der Waals surface area contributed by atoms with E-state index in [1.165, 1.54) is 6.07 Å². The summed E-state index contributed by atoms with van der Waals surface area (Å²) < 4.78 is 29.6. The number of nitrogens with zero attached hydrogens (tertiary/aromatic N) is 1. The molecule has 2 N–H and O–H groups in total. The van der Waals surface area contributed by atoms with Gasteiger partial charge in [-0.25, -0.2) is 9.82 Å². The SMILES string of the molecule is CCOC(=O)CC1COCCN1C(=O)C1CC(COc2ccccc2F)NN1. The molecule has 0 bridgehead atoms. The van der Waals surface area contributed by atoms with Crippen molar-refractivity contribution in [1.29, 1.82) is 0 Å². The van der Waals surface area contributed by atoms with Crippen molar-refractivity contribution >= 4 is 11.9 Å². The largest absolute Gasteiger partial charge is 0.489 e. The number of hydrazine groups is 1. The standard InChI is InChI=1S/C19H26FN3O5/c1-2-27-18(24)10-14-12-26-8-7-23(14)19(25)16-9-13(21-22-16)11-28-17-6-4-3-5-15(17)20/h3-6,13-14,16,21-22H,2,7-12H2,1H3. The van der Waals surface area contributed by atoms with Gasteiger partial charge in [0.2, 0.25) is 5.91 Å². The lowest BCUT2D eigenvalue weighted by Gasteiger charge is -2.36. The smallest absolute Gasteiger partial charge is 0.307 e. The number of amides is 1.